The van der Waals surface area contributed by atoms with E-state index >= 15 is 0 Å². The molecule has 25 heavy (non-hydrogen) atoms. The smallest absolute Gasteiger partial charge is 0.322 e. The number of carbonyl (C=O) groups excluding carboxylic acids is 1. The molecule has 0 aliphatic rings. The second kappa shape index (κ2) is 9.30. The molecule has 1 atom stereocenters. The summed E-state index contributed by atoms with van der Waals surface area (Å²) in [5.74, 6) is -1.32. The Bertz CT molecular complexity index is 695. The van der Waals surface area contributed by atoms with Gasteiger partial charge in [0.05, 0.1) is 0 Å². The number of amides is 1. The van der Waals surface area contributed by atoms with Gasteiger partial charge in [-0.1, -0.05) is 27.7 Å². The van der Waals surface area contributed by atoms with Crippen molar-refractivity contribution in [3.63, 3.8) is 0 Å². The maximum Gasteiger partial charge on any atom is 0.322 e. The average Bonchev–Trinajstić information content (AvgIpc) is 2.93. The van der Waals surface area contributed by atoms with E-state index in [1.165, 1.54) is 6.07 Å². The van der Waals surface area contributed by atoms with Crippen LogP contribution in [0.5, 0.6) is 0 Å². The number of hydrogen-bond donors (Lipinski definition) is 3. The number of carbonyl (C=O) groups is 2. The first-order valence-corrected chi connectivity index (χ1v) is 10.4. The first-order chi connectivity index (χ1) is 11.5. The Balaban J connectivity index is 2.67. The van der Waals surface area contributed by atoms with Crippen molar-refractivity contribution in [3.05, 3.63) is 17.0 Å². The monoisotopic (exact) mass is 390 g/mol. The normalized spacial score (nSPS) is 13.2. The fraction of sp³-hybridized carbons (Fsp3) is 0.625. The third-order valence-electron chi connectivity index (χ3n) is 3.40. The van der Waals surface area contributed by atoms with Crippen molar-refractivity contribution in [2.75, 3.05) is 6.54 Å². The summed E-state index contributed by atoms with van der Waals surface area (Å²) >= 11 is 1.08. The van der Waals surface area contributed by atoms with Crippen LogP contribution in [0.2, 0.25) is 0 Å². The minimum Gasteiger partial charge on any atom is -0.480 e. The average molecular weight is 391 g/mol. The minimum absolute atomic E-state index is 0.0256. The molecule has 0 aliphatic carbocycles. The Hall–Kier alpha value is -1.45. The van der Waals surface area contributed by atoms with Crippen molar-refractivity contribution in [2.24, 2.45) is 11.8 Å². The lowest BCUT2D eigenvalue weighted by molar-refractivity contribution is -0.140. The van der Waals surface area contributed by atoms with E-state index in [1.807, 2.05) is 13.8 Å². The van der Waals surface area contributed by atoms with Crippen LogP contribution in [-0.2, 0) is 26.0 Å². The van der Waals surface area contributed by atoms with Gasteiger partial charge in [0.1, 0.15) is 10.3 Å². The van der Waals surface area contributed by atoms with Crippen LogP contribution in [-0.4, -0.2) is 38.0 Å². The van der Waals surface area contributed by atoms with Gasteiger partial charge in [0.15, 0.2) is 0 Å². The molecule has 0 saturated heterocycles. The molecule has 0 bridgehead atoms. The Morgan fingerprint density at radius 2 is 1.84 bits per heavy atom. The van der Waals surface area contributed by atoms with E-state index in [-0.39, 0.29) is 22.0 Å². The zero-order valence-electron chi connectivity index (χ0n) is 14.9. The number of thiophene rings is 1. The fourth-order valence-electron chi connectivity index (χ4n) is 2.10. The van der Waals surface area contributed by atoms with Gasteiger partial charge in [0.25, 0.3) is 10.0 Å². The molecule has 3 N–H and O–H groups in total. The van der Waals surface area contributed by atoms with Gasteiger partial charge in [-0.25, -0.2) is 8.42 Å². The maximum absolute atomic E-state index is 12.3. The molecule has 0 spiro atoms. The highest BCUT2D eigenvalue weighted by Crippen LogP contribution is 2.22. The summed E-state index contributed by atoms with van der Waals surface area (Å²) in [4.78, 5) is 23.6. The first-order valence-electron chi connectivity index (χ1n) is 8.13. The van der Waals surface area contributed by atoms with Crippen LogP contribution >= 0.6 is 11.3 Å². The SMILES string of the molecule is CC(C)CC(=O)NCCc1ccc(S(=O)(=O)N[C@H](C(=O)O)C(C)C)s1. The predicted octanol–water partition coefficient (Wildman–Crippen LogP) is 1.84. The molecule has 1 amide bonds. The lowest BCUT2D eigenvalue weighted by Crippen LogP contribution is -2.43. The number of rotatable bonds is 10. The Morgan fingerprint density at radius 3 is 2.36 bits per heavy atom. The molecular formula is C16H26N2O5S2. The van der Waals surface area contributed by atoms with Gasteiger partial charge in [0.2, 0.25) is 5.91 Å². The van der Waals surface area contributed by atoms with Crippen molar-refractivity contribution < 1.29 is 23.1 Å². The molecule has 0 aliphatic heterocycles. The molecule has 0 unspecified atom stereocenters. The van der Waals surface area contributed by atoms with Crippen LogP contribution in [0.4, 0.5) is 0 Å². The van der Waals surface area contributed by atoms with Gasteiger partial charge in [-0.2, -0.15) is 4.72 Å². The molecule has 1 aromatic heterocycles. The predicted molar refractivity (Wildman–Crippen MR) is 97.1 cm³/mol. The van der Waals surface area contributed by atoms with Crippen LogP contribution in [0.25, 0.3) is 0 Å². The summed E-state index contributed by atoms with van der Waals surface area (Å²) in [6, 6.07) is 1.96. The number of aliphatic carboxylic acids is 1. The largest absolute Gasteiger partial charge is 0.480 e. The zero-order chi connectivity index (χ0) is 19.2. The molecule has 0 aromatic carbocycles. The molecule has 1 rings (SSSR count). The van der Waals surface area contributed by atoms with Crippen LogP contribution < -0.4 is 10.0 Å². The van der Waals surface area contributed by atoms with E-state index in [9.17, 15) is 18.0 Å². The topological polar surface area (TPSA) is 113 Å². The second-order valence-corrected chi connectivity index (χ2v) is 9.71. The van der Waals surface area contributed by atoms with Crippen molar-refractivity contribution in [2.45, 2.75) is 50.8 Å². The van der Waals surface area contributed by atoms with Gasteiger partial charge >= 0.3 is 5.97 Å². The minimum atomic E-state index is -3.89. The number of carboxylic acids is 1. The van der Waals surface area contributed by atoms with Crippen LogP contribution in [0.1, 0.15) is 39.0 Å². The van der Waals surface area contributed by atoms with Gasteiger partial charge in [-0.05, 0) is 30.4 Å². The van der Waals surface area contributed by atoms with Crippen molar-refractivity contribution in [1.82, 2.24) is 10.0 Å². The standard InChI is InChI=1S/C16H26N2O5S2/c1-10(2)9-13(19)17-8-7-12-5-6-14(24-12)25(22,23)18-15(11(3)4)16(20)21/h5-6,10-11,15,18H,7-9H2,1-4H3,(H,17,19)(H,20,21)/t15-/m0/s1. The summed E-state index contributed by atoms with van der Waals surface area (Å²) in [6.45, 7) is 7.64. The van der Waals surface area contributed by atoms with E-state index in [1.54, 1.807) is 19.9 Å². The van der Waals surface area contributed by atoms with Crippen molar-refractivity contribution in [3.8, 4) is 0 Å². The third-order valence-corrected chi connectivity index (χ3v) is 6.48. The van der Waals surface area contributed by atoms with Crippen LogP contribution in [0.15, 0.2) is 16.3 Å². The van der Waals surface area contributed by atoms with E-state index < -0.39 is 22.0 Å². The highest BCUT2D eigenvalue weighted by molar-refractivity contribution is 7.91. The van der Waals surface area contributed by atoms with E-state index in [2.05, 4.69) is 10.0 Å². The van der Waals surface area contributed by atoms with Gasteiger partial charge in [-0.3, -0.25) is 9.59 Å². The number of sulfonamides is 1. The summed E-state index contributed by atoms with van der Waals surface area (Å²) in [6.07, 6.45) is 0.982. The fourth-order valence-corrected chi connectivity index (χ4v) is 4.81. The molecule has 9 heteroatoms. The van der Waals surface area contributed by atoms with E-state index in [0.29, 0.717) is 19.4 Å². The third kappa shape index (κ3) is 7.13. The summed E-state index contributed by atoms with van der Waals surface area (Å²) in [7, 11) is -3.89. The van der Waals surface area contributed by atoms with Gasteiger partial charge < -0.3 is 10.4 Å². The molecule has 1 heterocycles. The molecule has 0 saturated carbocycles. The van der Waals surface area contributed by atoms with E-state index in [0.717, 1.165) is 16.2 Å². The van der Waals surface area contributed by atoms with E-state index in [4.69, 9.17) is 5.11 Å². The quantitative estimate of drug-likeness (QED) is 0.564. The number of hydrogen-bond acceptors (Lipinski definition) is 5. The van der Waals surface area contributed by atoms with Crippen LogP contribution in [0, 0.1) is 11.8 Å². The second-order valence-electron chi connectivity index (χ2n) is 6.60. The molecule has 0 fully saturated rings. The Kier molecular flexibility index (Phi) is 8.04. The highest BCUT2D eigenvalue weighted by Gasteiger charge is 2.28. The Labute approximate surface area is 152 Å². The molecule has 7 nitrogen and oxygen atoms in total. The summed E-state index contributed by atoms with van der Waals surface area (Å²) in [5, 5.41) is 11.9. The molecule has 1 aromatic rings. The van der Waals surface area contributed by atoms with Crippen LogP contribution in [0.3, 0.4) is 0 Å². The van der Waals surface area contributed by atoms with Gasteiger partial charge in [0, 0.05) is 17.8 Å². The van der Waals surface area contributed by atoms with Gasteiger partial charge in [-0.15, -0.1) is 11.3 Å². The Morgan fingerprint density at radius 1 is 1.20 bits per heavy atom. The lowest BCUT2D eigenvalue weighted by atomic mass is 10.1. The molecular weight excluding hydrogens is 364 g/mol. The molecule has 142 valence electrons. The number of nitrogens with one attached hydrogen (secondary N) is 2. The summed E-state index contributed by atoms with van der Waals surface area (Å²) < 4.78 is 27.0. The summed E-state index contributed by atoms with van der Waals surface area (Å²) in [5.41, 5.74) is 0. The zero-order valence-corrected chi connectivity index (χ0v) is 16.5. The highest BCUT2D eigenvalue weighted by atomic mass is 32.2. The maximum atomic E-state index is 12.3. The van der Waals surface area contributed by atoms with Crippen molar-refractivity contribution in [1.29, 1.82) is 0 Å². The van der Waals surface area contributed by atoms with Crippen molar-refractivity contribution >= 4 is 33.2 Å². The molecule has 0 radical (unpaired) electrons. The first kappa shape index (κ1) is 21.6. The lowest BCUT2D eigenvalue weighted by Gasteiger charge is -2.17. The number of carboxylic acid groups (broad SMARTS) is 1.